The van der Waals surface area contributed by atoms with Crippen molar-refractivity contribution in [3.8, 4) is 0 Å². The molecule has 0 fully saturated rings. The zero-order chi connectivity index (χ0) is 18.0. The third kappa shape index (κ3) is 4.48. The van der Waals surface area contributed by atoms with E-state index in [-0.39, 0.29) is 24.0 Å². The fourth-order valence-corrected chi connectivity index (χ4v) is 4.82. The normalized spacial score (nSPS) is 17.8. The van der Waals surface area contributed by atoms with Crippen LogP contribution in [0.5, 0.6) is 0 Å². The van der Waals surface area contributed by atoms with E-state index < -0.39 is 6.03 Å². The Hall–Kier alpha value is -1.70. The maximum Gasteiger partial charge on any atom is 0.321 e. The highest BCUT2D eigenvalue weighted by molar-refractivity contribution is 7.10. The number of nitrogens with zero attached hydrogens (tertiary/aromatic N) is 1. The lowest BCUT2D eigenvalue weighted by atomic mass is 9.98. The first kappa shape index (κ1) is 18.1. The molecule has 0 saturated heterocycles. The Morgan fingerprint density at radius 1 is 1.24 bits per heavy atom. The van der Waals surface area contributed by atoms with Crippen LogP contribution < -0.4 is 10.6 Å². The van der Waals surface area contributed by atoms with Crippen LogP contribution in [-0.2, 0) is 11.2 Å². The largest absolute Gasteiger partial charge is 0.333 e. The van der Waals surface area contributed by atoms with Crippen LogP contribution in [0.1, 0.15) is 42.1 Å². The molecule has 3 rings (SSSR count). The average Bonchev–Trinajstić information content (AvgIpc) is 3.15. The van der Waals surface area contributed by atoms with Crippen LogP contribution in [0.3, 0.4) is 0 Å². The van der Waals surface area contributed by atoms with E-state index in [1.54, 1.807) is 22.7 Å². The van der Waals surface area contributed by atoms with Gasteiger partial charge >= 0.3 is 6.03 Å². The van der Waals surface area contributed by atoms with Gasteiger partial charge in [0, 0.05) is 21.8 Å². The first-order chi connectivity index (χ1) is 11.8. The molecule has 5 nitrogen and oxygen atoms in total. The van der Waals surface area contributed by atoms with Crippen LogP contribution in [0.2, 0.25) is 0 Å². The number of urea groups is 1. The molecule has 0 saturated carbocycles. The number of rotatable bonds is 3. The molecule has 25 heavy (non-hydrogen) atoms. The van der Waals surface area contributed by atoms with Crippen molar-refractivity contribution in [2.24, 2.45) is 0 Å². The molecule has 2 N–H and O–H groups in total. The molecule has 0 bridgehead atoms. The Labute approximate surface area is 156 Å². The van der Waals surface area contributed by atoms with Crippen LogP contribution in [0.25, 0.3) is 0 Å². The monoisotopic (exact) mass is 377 g/mol. The molecule has 0 radical (unpaired) electrons. The molecule has 2 aromatic heterocycles. The Balaban J connectivity index is 1.71. The van der Waals surface area contributed by atoms with Gasteiger partial charge in [-0.3, -0.25) is 15.0 Å². The molecule has 3 heterocycles. The maximum absolute atomic E-state index is 12.4. The molecule has 0 spiro atoms. The van der Waals surface area contributed by atoms with Gasteiger partial charge in [0.15, 0.2) is 0 Å². The molecule has 134 valence electrons. The van der Waals surface area contributed by atoms with Gasteiger partial charge in [-0.15, -0.1) is 22.7 Å². The Morgan fingerprint density at radius 3 is 2.72 bits per heavy atom. The standard InChI is InChI=1S/C18H23N3O2S2/c1-18(2,3)20-17(23)19-15(22)11-21-8-6-13-12(7-10-25-13)16(21)14-5-4-9-24-14/h4-5,7,9-10,16H,6,8,11H2,1-3H3,(H2,19,20,22,23)/t16-/m0/s1. The minimum absolute atomic E-state index is 0.0893. The summed E-state index contributed by atoms with van der Waals surface area (Å²) in [6.45, 7) is 6.66. The molecule has 0 aromatic carbocycles. The predicted molar refractivity (Wildman–Crippen MR) is 102 cm³/mol. The highest BCUT2D eigenvalue weighted by atomic mass is 32.1. The second kappa shape index (κ2) is 7.27. The van der Waals surface area contributed by atoms with Gasteiger partial charge in [0.2, 0.25) is 5.91 Å². The minimum Gasteiger partial charge on any atom is -0.333 e. The maximum atomic E-state index is 12.4. The van der Waals surface area contributed by atoms with Crippen molar-refractivity contribution in [2.45, 2.75) is 38.8 Å². The molecular weight excluding hydrogens is 354 g/mol. The number of hydrogen-bond acceptors (Lipinski definition) is 5. The second-order valence-electron chi connectivity index (χ2n) is 7.19. The fraction of sp³-hybridized carbons (Fsp3) is 0.444. The van der Waals surface area contributed by atoms with Crippen LogP contribution in [-0.4, -0.2) is 35.5 Å². The lowest BCUT2D eigenvalue weighted by Gasteiger charge is -2.34. The van der Waals surface area contributed by atoms with Crippen molar-refractivity contribution in [3.05, 3.63) is 44.3 Å². The topological polar surface area (TPSA) is 61.4 Å². The van der Waals surface area contributed by atoms with Gasteiger partial charge in [0.05, 0.1) is 12.6 Å². The third-order valence-corrected chi connectivity index (χ3v) is 5.89. The van der Waals surface area contributed by atoms with Crippen LogP contribution in [0.15, 0.2) is 29.0 Å². The van der Waals surface area contributed by atoms with Gasteiger partial charge in [0.1, 0.15) is 0 Å². The molecule has 0 aliphatic carbocycles. The number of carbonyl (C=O) groups is 2. The van der Waals surface area contributed by atoms with E-state index in [0.29, 0.717) is 0 Å². The zero-order valence-electron chi connectivity index (χ0n) is 14.7. The molecule has 2 aromatic rings. The third-order valence-electron chi connectivity index (χ3n) is 3.97. The quantitative estimate of drug-likeness (QED) is 0.862. The van der Waals surface area contributed by atoms with E-state index in [1.165, 1.54) is 15.3 Å². The van der Waals surface area contributed by atoms with Crippen molar-refractivity contribution in [2.75, 3.05) is 13.1 Å². The molecule has 1 aliphatic heterocycles. The first-order valence-corrected chi connectivity index (χ1v) is 10.0. The first-order valence-electron chi connectivity index (χ1n) is 8.29. The minimum atomic E-state index is -0.446. The number of carbonyl (C=O) groups excluding carboxylic acids is 2. The summed E-state index contributed by atoms with van der Waals surface area (Å²) >= 11 is 3.48. The van der Waals surface area contributed by atoms with Gasteiger partial charge < -0.3 is 5.32 Å². The number of amides is 3. The number of imide groups is 1. The molecule has 1 atom stereocenters. The SMILES string of the molecule is CC(C)(C)NC(=O)NC(=O)CN1CCc2sccc2[C@H]1c1cccs1. The number of fused-ring (bicyclic) bond motifs is 1. The molecule has 0 unspecified atom stereocenters. The Morgan fingerprint density at radius 2 is 2.04 bits per heavy atom. The summed E-state index contributed by atoms with van der Waals surface area (Å²) in [5.74, 6) is -0.276. The van der Waals surface area contributed by atoms with Crippen molar-refractivity contribution in [3.63, 3.8) is 0 Å². The summed E-state index contributed by atoms with van der Waals surface area (Å²) in [7, 11) is 0. The van der Waals surface area contributed by atoms with Gasteiger partial charge in [-0.25, -0.2) is 4.79 Å². The van der Waals surface area contributed by atoms with Crippen molar-refractivity contribution < 1.29 is 9.59 Å². The second-order valence-corrected chi connectivity index (χ2v) is 9.17. The number of nitrogens with one attached hydrogen (secondary N) is 2. The molecule has 3 amide bonds. The van der Waals surface area contributed by atoms with Crippen LogP contribution in [0, 0.1) is 0 Å². The van der Waals surface area contributed by atoms with E-state index in [4.69, 9.17) is 0 Å². The molecular formula is C18H23N3O2S2. The Kier molecular flexibility index (Phi) is 5.27. The summed E-state index contributed by atoms with van der Waals surface area (Å²) in [6, 6.07) is 5.94. The van der Waals surface area contributed by atoms with Crippen molar-refractivity contribution in [1.29, 1.82) is 0 Å². The summed E-state index contributed by atoms with van der Waals surface area (Å²) in [6.07, 6.45) is 0.941. The van der Waals surface area contributed by atoms with Crippen LogP contribution in [0.4, 0.5) is 4.79 Å². The van der Waals surface area contributed by atoms with Crippen molar-refractivity contribution >= 4 is 34.6 Å². The van der Waals surface area contributed by atoms with E-state index in [9.17, 15) is 9.59 Å². The lowest BCUT2D eigenvalue weighted by Crippen LogP contribution is -2.51. The van der Waals surface area contributed by atoms with Crippen molar-refractivity contribution in [1.82, 2.24) is 15.5 Å². The Bertz CT molecular complexity index is 747. The summed E-state index contributed by atoms with van der Waals surface area (Å²) in [5.41, 5.74) is 0.909. The summed E-state index contributed by atoms with van der Waals surface area (Å²) in [4.78, 5) is 29.1. The highest BCUT2D eigenvalue weighted by Gasteiger charge is 2.31. The van der Waals surface area contributed by atoms with E-state index in [0.717, 1.165) is 13.0 Å². The van der Waals surface area contributed by atoms with Gasteiger partial charge in [-0.1, -0.05) is 6.07 Å². The zero-order valence-corrected chi connectivity index (χ0v) is 16.3. The van der Waals surface area contributed by atoms with Gasteiger partial charge in [-0.2, -0.15) is 0 Å². The smallest absolute Gasteiger partial charge is 0.321 e. The highest BCUT2D eigenvalue weighted by Crippen LogP contribution is 2.39. The molecule has 7 heteroatoms. The van der Waals surface area contributed by atoms with Gasteiger partial charge in [-0.05, 0) is 55.6 Å². The average molecular weight is 378 g/mol. The summed E-state index contributed by atoms with van der Waals surface area (Å²) < 4.78 is 0. The number of thiophene rings is 2. The predicted octanol–water partition coefficient (Wildman–Crippen LogP) is 3.38. The van der Waals surface area contributed by atoms with E-state index in [1.807, 2.05) is 26.8 Å². The lowest BCUT2D eigenvalue weighted by molar-refractivity contribution is -0.121. The number of hydrogen-bond donors (Lipinski definition) is 2. The van der Waals surface area contributed by atoms with Gasteiger partial charge in [0.25, 0.3) is 0 Å². The molecule has 1 aliphatic rings. The summed E-state index contributed by atoms with van der Waals surface area (Å²) in [5, 5.41) is 9.37. The van der Waals surface area contributed by atoms with Crippen LogP contribution >= 0.6 is 22.7 Å². The van der Waals surface area contributed by atoms with E-state index >= 15 is 0 Å². The van der Waals surface area contributed by atoms with E-state index in [2.05, 4.69) is 38.4 Å². The fourth-order valence-electron chi connectivity index (χ4n) is 3.04.